The van der Waals surface area contributed by atoms with Gasteiger partial charge in [0.1, 0.15) is 0 Å². The van der Waals surface area contributed by atoms with Crippen LogP contribution in [0, 0.1) is 6.92 Å². The Morgan fingerprint density at radius 2 is 1.79 bits per heavy atom. The van der Waals surface area contributed by atoms with Gasteiger partial charge in [-0.1, -0.05) is 42.5 Å². The van der Waals surface area contributed by atoms with Crippen LogP contribution in [-0.4, -0.2) is 29.4 Å². The molecule has 0 spiro atoms. The molecule has 0 aliphatic carbocycles. The number of aryl methyl sites for hydroxylation is 1. The van der Waals surface area contributed by atoms with Gasteiger partial charge in [0.15, 0.2) is 11.5 Å². The fraction of sp³-hybridized carbons (Fsp3) is 0.0769. The van der Waals surface area contributed by atoms with E-state index < -0.39 is 0 Å². The van der Waals surface area contributed by atoms with Crippen molar-refractivity contribution in [3.63, 3.8) is 0 Å². The fourth-order valence-electron chi connectivity index (χ4n) is 4.15. The van der Waals surface area contributed by atoms with E-state index in [1.165, 1.54) is 5.56 Å². The molecule has 0 bridgehead atoms. The third kappa shape index (κ3) is 3.51. The Balaban J connectivity index is 1.51. The van der Waals surface area contributed by atoms with Crippen molar-refractivity contribution < 1.29 is 0 Å². The predicted octanol–water partition coefficient (Wildman–Crippen LogP) is 4.88. The Morgan fingerprint density at radius 1 is 0.941 bits per heavy atom. The molecule has 0 aliphatic rings. The van der Waals surface area contributed by atoms with Crippen LogP contribution in [0.4, 0.5) is 23.1 Å². The van der Waals surface area contributed by atoms with Crippen LogP contribution in [0.25, 0.3) is 16.6 Å². The third-order valence-corrected chi connectivity index (χ3v) is 5.79. The van der Waals surface area contributed by atoms with E-state index >= 15 is 0 Å². The topological polar surface area (TPSA) is 90.2 Å². The smallest absolute Gasteiger partial charge is 0.254 e. The molecule has 0 atom stereocenters. The maximum atomic E-state index is 6.06. The Bertz CT molecular complexity index is 1620. The van der Waals surface area contributed by atoms with Crippen LogP contribution >= 0.6 is 0 Å². The molecule has 0 fully saturated rings. The van der Waals surface area contributed by atoms with Crippen LogP contribution in [0.3, 0.4) is 0 Å². The molecule has 0 amide bonds. The second-order valence-electron chi connectivity index (χ2n) is 8.20. The number of benzene rings is 3. The molecule has 166 valence electrons. The van der Waals surface area contributed by atoms with E-state index in [1.54, 1.807) is 16.9 Å². The Morgan fingerprint density at radius 3 is 2.62 bits per heavy atom. The number of rotatable bonds is 5. The summed E-state index contributed by atoms with van der Waals surface area (Å²) in [5.74, 6) is 0.848. The van der Waals surface area contributed by atoms with Gasteiger partial charge in [-0.3, -0.25) is 9.58 Å². The number of hydrogen-bond donors (Lipinski definition) is 1. The van der Waals surface area contributed by atoms with E-state index in [9.17, 15) is 0 Å². The quantitative estimate of drug-likeness (QED) is 0.406. The second kappa shape index (κ2) is 8.00. The lowest BCUT2D eigenvalue weighted by molar-refractivity contribution is 0.712. The van der Waals surface area contributed by atoms with E-state index in [1.807, 2.05) is 46.1 Å². The highest BCUT2D eigenvalue weighted by Crippen LogP contribution is 2.35. The summed E-state index contributed by atoms with van der Waals surface area (Å²) in [5.41, 5.74) is 11.8. The van der Waals surface area contributed by atoms with Crippen molar-refractivity contribution in [3.05, 3.63) is 103 Å². The summed E-state index contributed by atoms with van der Waals surface area (Å²) in [6.07, 6.45) is 5.26. The summed E-state index contributed by atoms with van der Waals surface area (Å²) in [5, 5.41) is 10.4. The van der Waals surface area contributed by atoms with Crippen LogP contribution < -0.4 is 10.6 Å². The van der Waals surface area contributed by atoms with Gasteiger partial charge in [0, 0.05) is 23.5 Å². The van der Waals surface area contributed by atoms with Crippen molar-refractivity contribution >= 4 is 39.7 Å². The zero-order chi connectivity index (χ0) is 23.1. The van der Waals surface area contributed by atoms with E-state index in [-0.39, 0.29) is 0 Å². The van der Waals surface area contributed by atoms with E-state index in [2.05, 4.69) is 59.5 Å². The fourth-order valence-corrected chi connectivity index (χ4v) is 4.15. The first kappa shape index (κ1) is 19.9. The first-order valence-corrected chi connectivity index (χ1v) is 11.0. The van der Waals surface area contributed by atoms with Crippen LogP contribution in [-0.2, 0) is 6.54 Å². The normalized spacial score (nSPS) is 11.3. The van der Waals surface area contributed by atoms with Crippen molar-refractivity contribution in [3.8, 4) is 0 Å². The van der Waals surface area contributed by atoms with Gasteiger partial charge in [-0.25, -0.2) is 9.50 Å². The minimum atomic E-state index is 0.335. The molecule has 0 radical (unpaired) electrons. The molecule has 3 aromatic heterocycles. The van der Waals surface area contributed by atoms with Crippen molar-refractivity contribution in [2.75, 3.05) is 10.6 Å². The SMILES string of the molecule is Cc1cccc(N(c2ccc3cnn(Cc4ccccc4)c3c2)c2nc3c(N)nccn3n2)c1. The first-order chi connectivity index (χ1) is 16.7. The number of anilines is 4. The van der Waals surface area contributed by atoms with Crippen LogP contribution in [0.1, 0.15) is 11.1 Å². The summed E-state index contributed by atoms with van der Waals surface area (Å²) in [6, 6.07) is 24.8. The molecule has 0 saturated heterocycles. The van der Waals surface area contributed by atoms with Gasteiger partial charge in [-0.15, -0.1) is 5.10 Å². The molecule has 34 heavy (non-hydrogen) atoms. The maximum absolute atomic E-state index is 6.06. The Labute approximate surface area is 195 Å². The van der Waals surface area contributed by atoms with Gasteiger partial charge in [0.2, 0.25) is 0 Å². The molecule has 0 unspecified atom stereocenters. The average molecular weight is 447 g/mol. The molecule has 3 heterocycles. The molecule has 6 rings (SSSR count). The van der Waals surface area contributed by atoms with Crippen molar-refractivity contribution in [1.29, 1.82) is 0 Å². The zero-order valence-electron chi connectivity index (χ0n) is 18.6. The minimum Gasteiger partial charge on any atom is -0.381 e. The molecule has 0 saturated carbocycles. The van der Waals surface area contributed by atoms with Gasteiger partial charge in [-0.05, 0) is 48.4 Å². The zero-order valence-corrected chi connectivity index (χ0v) is 18.6. The van der Waals surface area contributed by atoms with E-state index in [0.29, 0.717) is 24.0 Å². The number of fused-ring (bicyclic) bond motifs is 2. The number of hydrogen-bond acceptors (Lipinski definition) is 6. The molecular formula is C26H22N8. The summed E-state index contributed by atoms with van der Waals surface area (Å²) in [7, 11) is 0. The minimum absolute atomic E-state index is 0.335. The molecule has 8 heteroatoms. The van der Waals surface area contributed by atoms with Crippen LogP contribution in [0.2, 0.25) is 0 Å². The third-order valence-electron chi connectivity index (χ3n) is 5.79. The maximum Gasteiger partial charge on any atom is 0.254 e. The van der Waals surface area contributed by atoms with Gasteiger partial charge in [0.05, 0.1) is 23.9 Å². The molecule has 2 N–H and O–H groups in total. The first-order valence-electron chi connectivity index (χ1n) is 11.0. The van der Waals surface area contributed by atoms with Crippen molar-refractivity contribution in [1.82, 2.24) is 29.4 Å². The number of aromatic nitrogens is 6. The largest absolute Gasteiger partial charge is 0.381 e. The average Bonchev–Trinajstić information content (AvgIpc) is 3.45. The standard InChI is InChI=1S/C26H22N8/c1-18-6-5-9-21(14-18)34(26-30-25-24(27)28-12-13-32(25)31-26)22-11-10-20-16-29-33(23(20)15-22)17-19-7-3-2-4-8-19/h2-16H,17H2,1H3,(H2,27,28). The molecule has 6 aromatic rings. The van der Waals surface area contributed by atoms with Crippen molar-refractivity contribution in [2.45, 2.75) is 13.5 Å². The molecule has 0 aliphatic heterocycles. The lowest BCUT2D eigenvalue weighted by Gasteiger charge is -2.22. The molecule has 3 aromatic carbocycles. The summed E-state index contributed by atoms with van der Waals surface area (Å²) < 4.78 is 3.67. The number of nitrogens with zero attached hydrogens (tertiary/aromatic N) is 7. The lowest BCUT2D eigenvalue weighted by Crippen LogP contribution is -2.12. The van der Waals surface area contributed by atoms with Gasteiger partial charge in [0.25, 0.3) is 5.95 Å². The van der Waals surface area contributed by atoms with Gasteiger partial charge in [-0.2, -0.15) is 10.1 Å². The van der Waals surface area contributed by atoms with Gasteiger partial charge >= 0.3 is 0 Å². The molecular weight excluding hydrogens is 424 g/mol. The van der Waals surface area contributed by atoms with Crippen LogP contribution in [0.5, 0.6) is 0 Å². The number of nitrogen functional groups attached to an aromatic ring is 1. The second-order valence-corrected chi connectivity index (χ2v) is 8.20. The number of nitrogens with two attached hydrogens (primary N) is 1. The summed E-state index contributed by atoms with van der Waals surface area (Å²) in [4.78, 5) is 10.9. The lowest BCUT2D eigenvalue weighted by atomic mass is 10.1. The van der Waals surface area contributed by atoms with E-state index in [0.717, 1.165) is 27.8 Å². The van der Waals surface area contributed by atoms with Crippen molar-refractivity contribution in [2.24, 2.45) is 0 Å². The molecule has 8 nitrogen and oxygen atoms in total. The van der Waals surface area contributed by atoms with Gasteiger partial charge < -0.3 is 5.73 Å². The Hall–Kier alpha value is -4.72. The summed E-state index contributed by atoms with van der Waals surface area (Å²) in [6.45, 7) is 2.76. The Kier molecular flexibility index (Phi) is 4.69. The van der Waals surface area contributed by atoms with Crippen LogP contribution in [0.15, 0.2) is 91.4 Å². The summed E-state index contributed by atoms with van der Waals surface area (Å²) >= 11 is 0. The highest BCUT2D eigenvalue weighted by atomic mass is 15.4. The highest BCUT2D eigenvalue weighted by molar-refractivity contribution is 5.86. The highest BCUT2D eigenvalue weighted by Gasteiger charge is 2.20. The monoisotopic (exact) mass is 446 g/mol. The predicted molar refractivity (Wildman–Crippen MR) is 133 cm³/mol. The van der Waals surface area contributed by atoms with E-state index in [4.69, 9.17) is 15.8 Å².